The first kappa shape index (κ1) is 18.4. The van der Waals surface area contributed by atoms with E-state index in [2.05, 4.69) is 54.6 Å². The Morgan fingerprint density at radius 2 is 2.15 bits per heavy atom. The molecule has 2 heterocycles. The molecule has 3 rings (SSSR count). The number of aryl methyl sites for hydroxylation is 2. The van der Waals surface area contributed by atoms with Crippen LogP contribution in [0.25, 0.3) is 11.0 Å². The third kappa shape index (κ3) is 5.05. The average molecular weight is 371 g/mol. The summed E-state index contributed by atoms with van der Waals surface area (Å²) in [7, 11) is 0. The van der Waals surface area contributed by atoms with Crippen molar-refractivity contribution in [2.75, 3.05) is 19.6 Å². The maximum Gasteiger partial charge on any atom is 0.191 e. The molecule has 2 N–H and O–H groups in total. The molecule has 0 saturated heterocycles. The molecule has 0 aliphatic carbocycles. The molecule has 0 spiro atoms. The predicted octanol–water partition coefficient (Wildman–Crippen LogP) is 2.99. The Balaban J connectivity index is 1.46. The van der Waals surface area contributed by atoms with Crippen LogP contribution in [-0.2, 0) is 13.0 Å². The molecular weight excluding hydrogens is 344 g/mol. The Kier molecular flexibility index (Phi) is 6.60. The fraction of sp³-hybridized carbons (Fsp3) is 0.421. The Morgan fingerprint density at radius 3 is 2.96 bits per heavy atom. The third-order valence-electron chi connectivity index (χ3n) is 4.04. The zero-order valence-corrected chi connectivity index (χ0v) is 16.2. The average Bonchev–Trinajstić information content (AvgIpc) is 3.25. The van der Waals surface area contributed by atoms with Crippen molar-refractivity contribution < 1.29 is 0 Å². The van der Waals surface area contributed by atoms with Crippen LogP contribution in [0.15, 0.2) is 41.0 Å². The molecule has 7 heteroatoms. The summed E-state index contributed by atoms with van der Waals surface area (Å²) in [6, 6.07) is 8.22. The summed E-state index contributed by atoms with van der Waals surface area (Å²) < 4.78 is 2.19. The maximum atomic E-state index is 4.67. The number of hydrogen-bond acceptors (Lipinski definition) is 4. The van der Waals surface area contributed by atoms with E-state index in [0.29, 0.717) is 0 Å². The van der Waals surface area contributed by atoms with E-state index in [1.807, 2.05) is 25.4 Å². The van der Waals surface area contributed by atoms with Gasteiger partial charge < -0.3 is 15.2 Å². The number of aromatic nitrogens is 3. The first-order valence-electron chi connectivity index (χ1n) is 9.09. The molecule has 0 atom stereocenters. The van der Waals surface area contributed by atoms with Gasteiger partial charge in [-0.05, 0) is 32.4 Å². The Morgan fingerprint density at radius 1 is 1.27 bits per heavy atom. The first-order chi connectivity index (χ1) is 12.8. The largest absolute Gasteiger partial charge is 0.357 e. The van der Waals surface area contributed by atoms with Gasteiger partial charge >= 0.3 is 0 Å². The number of para-hydroxylation sites is 2. The lowest BCUT2D eigenvalue weighted by molar-refractivity contribution is 0.661. The highest BCUT2D eigenvalue weighted by Gasteiger charge is 2.02. The molecular formula is C19H26N6S. The minimum absolute atomic E-state index is 0.775. The summed E-state index contributed by atoms with van der Waals surface area (Å²) in [5.41, 5.74) is 3.37. The monoisotopic (exact) mass is 370 g/mol. The number of rotatable bonds is 8. The molecule has 0 amide bonds. The number of imidazole rings is 1. The quantitative estimate of drug-likeness (QED) is 0.363. The molecule has 0 radical (unpaired) electrons. The lowest BCUT2D eigenvalue weighted by Gasteiger charge is -2.11. The molecule has 3 aromatic rings. The Hall–Kier alpha value is -2.41. The number of benzene rings is 1. The molecule has 2 aromatic heterocycles. The topological polar surface area (TPSA) is 67.1 Å². The zero-order valence-electron chi connectivity index (χ0n) is 15.4. The van der Waals surface area contributed by atoms with E-state index in [-0.39, 0.29) is 0 Å². The second-order valence-electron chi connectivity index (χ2n) is 6.08. The van der Waals surface area contributed by atoms with Crippen molar-refractivity contribution in [3.63, 3.8) is 0 Å². The molecule has 26 heavy (non-hydrogen) atoms. The lowest BCUT2D eigenvalue weighted by Crippen LogP contribution is -2.38. The van der Waals surface area contributed by atoms with Gasteiger partial charge in [-0.3, -0.25) is 4.99 Å². The van der Waals surface area contributed by atoms with Gasteiger partial charge in [0.25, 0.3) is 0 Å². The highest BCUT2D eigenvalue weighted by Crippen LogP contribution is 2.12. The summed E-state index contributed by atoms with van der Waals surface area (Å²) in [6.07, 6.45) is 3.80. The summed E-state index contributed by atoms with van der Waals surface area (Å²) >= 11 is 1.70. The molecule has 0 bridgehead atoms. The van der Waals surface area contributed by atoms with Crippen molar-refractivity contribution in [3.05, 3.63) is 46.7 Å². The summed E-state index contributed by atoms with van der Waals surface area (Å²) in [6.45, 7) is 7.50. The van der Waals surface area contributed by atoms with Gasteiger partial charge in [0.15, 0.2) is 5.96 Å². The number of nitrogens with one attached hydrogen (secondary N) is 2. The molecule has 1 aromatic carbocycles. The van der Waals surface area contributed by atoms with Crippen molar-refractivity contribution in [1.82, 2.24) is 25.2 Å². The van der Waals surface area contributed by atoms with E-state index >= 15 is 0 Å². The SMILES string of the molecule is CCNC(=NCCCn1cnc2ccccc21)NCCc1csc(C)n1. The standard InChI is InChI=1S/C19H26N6S/c1-3-20-19(22-11-9-16-13-26-15(2)24-16)21-10-6-12-25-14-23-17-7-4-5-8-18(17)25/h4-5,7-8,13-14H,3,6,9-12H2,1-2H3,(H2,20,21,22). The first-order valence-corrected chi connectivity index (χ1v) is 9.97. The van der Waals surface area contributed by atoms with Crippen LogP contribution in [0.5, 0.6) is 0 Å². The van der Waals surface area contributed by atoms with Gasteiger partial charge in [-0.25, -0.2) is 9.97 Å². The number of guanidine groups is 1. The van der Waals surface area contributed by atoms with Gasteiger partial charge in [-0.1, -0.05) is 12.1 Å². The molecule has 0 fully saturated rings. The Bertz CT molecular complexity index is 850. The van der Waals surface area contributed by atoms with Crippen molar-refractivity contribution in [3.8, 4) is 0 Å². The molecule has 6 nitrogen and oxygen atoms in total. The fourth-order valence-corrected chi connectivity index (χ4v) is 3.44. The Labute approximate surface area is 158 Å². The van der Waals surface area contributed by atoms with Crippen LogP contribution in [0.1, 0.15) is 24.0 Å². The van der Waals surface area contributed by atoms with Gasteiger partial charge in [0, 0.05) is 38.0 Å². The minimum atomic E-state index is 0.775. The van der Waals surface area contributed by atoms with Gasteiger partial charge in [0.1, 0.15) is 0 Å². The van der Waals surface area contributed by atoms with Crippen LogP contribution in [-0.4, -0.2) is 40.1 Å². The van der Waals surface area contributed by atoms with Gasteiger partial charge in [-0.2, -0.15) is 0 Å². The van der Waals surface area contributed by atoms with E-state index in [4.69, 9.17) is 0 Å². The third-order valence-corrected chi connectivity index (χ3v) is 4.86. The van der Waals surface area contributed by atoms with Crippen molar-refractivity contribution in [1.29, 1.82) is 0 Å². The normalized spacial score (nSPS) is 11.8. The van der Waals surface area contributed by atoms with Crippen molar-refractivity contribution in [2.45, 2.75) is 33.2 Å². The zero-order chi connectivity index (χ0) is 18.2. The van der Waals surface area contributed by atoms with E-state index < -0.39 is 0 Å². The predicted molar refractivity (Wildman–Crippen MR) is 109 cm³/mol. The molecule has 0 unspecified atom stereocenters. The summed E-state index contributed by atoms with van der Waals surface area (Å²) in [5, 5.41) is 9.93. The van der Waals surface area contributed by atoms with Gasteiger partial charge in [0.05, 0.1) is 28.1 Å². The van der Waals surface area contributed by atoms with E-state index in [1.165, 1.54) is 5.52 Å². The van der Waals surface area contributed by atoms with Crippen LogP contribution in [0.4, 0.5) is 0 Å². The van der Waals surface area contributed by atoms with E-state index in [0.717, 1.165) is 61.2 Å². The number of hydrogen-bond donors (Lipinski definition) is 2. The smallest absolute Gasteiger partial charge is 0.191 e. The van der Waals surface area contributed by atoms with Crippen LogP contribution >= 0.6 is 11.3 Å². The van der Waals surface area contributed by atoms with Crippen molar-refractivity contribution >= 4 is 28.3 Å². The number of thiazole rings is 1. The highest BCUT2D eigenvalue weighted by molar-refractivity contribution is 7.09. The fourth-order valence-electron chi connectivity index (χ4n) is 2.79. The van der Waals surface area contributed by atoms with Crippen LogP contribution < -0.4 is 10.6 Å². The molecule has 0 aliphatic rings. The lowest BCUT2D eigenvalue weighted by atomic mass is 10.3. The second kappa shape index (κ2) is 9.33. The van der Waals surface area contributed by atoms with Crippen molar-refractivity contribution in [2.24, 2.45) is 4.99 Å². The summed E-state index contributed by atoms with van der Waals surface area (Å²) in [5.74, 6) is 0.870. The number of fused-ring (bicyclic) bond motifs is 1. The van der Waals surface area contributed by atoms with E-state index in [1.54, 1.807) is 11.3 Å². The van der Waals surface area contributed by atoms with Gasteiger partial charge in [0.2, 0.25) is 0 Å². The maximum absolute atomic E-state index is 4.67. The summed E-state index contributed by atoms with van der Waals surface area (Å²) in [4.78, 5) is 13.6. The van der Waals surface area contributed by atoms with Gasteiger partial charge in [-0.15, -0.1) is 11.3 Å². The molecule has 138 valence electrons. The molecule has 0 saturated carbocycles. The van der Waals surface area contributed by atoms with Crippen LogP contribution in [0.3, 0.4) is 0 Å². The second-order valence-corrected chi connectivity index (χ2v) is 7.14. The molecule has 0 aliphatic heterocycles. The van der Waals surface area contributed by atoms with Crippen LogP contribution in [0.2, 0.25) is 0 Å². The van der Waals surface area contributed by atoms with Crippen LogP contribution in [0, 0.1) is 6.92 Å². The number of aliphatic imine (C=N–C) groups is 1. The minimum Gasteiger partial charge on any atom is -0.357 e. The number of nitrogens with zero attached hydrogens (tertiary/aromatic N) is 4. The highest BCUT2D eigenvalue weighted by atomic mass is 32.1. The van der Waals surface area contributed by atoms with E-state index in [9.17, 15) is 0 Å².